The summed E-state index contributed by atoms with van der Waals surface area (Å²) in [6.07, 6.45) is 3.80. The summed E-state index contributed by atoms with van der Waals surface area (Å²) in [5, 5.41) is 17.0. The number of aromatic nitrogens is 3. The van der Waals surface area contributed by atoms with Crippen molar-refractivity contribution in [2.75, 3.05) is 5.32 Å². The van der Waals surface area contributed by atoms with Gasteiger partial charge in [0.15, 0.2) is 0 Å². The lowest BCUT2D eigenvalue weighted by Crippen LogP contribution is -2.21. The summed E-state index contributed by atoms with van der Waals surface area (Å²) in [6, 6.07) is 27.8. The number of carbonyl (C=O) groups is 2. The lowest BCUT2D eigenvalue weighted by atomic mass is 9.89. The molecule has 2 unspecified atom stereocenters. The van der Waals surface area contributed by atoms with E-state index in [0.29, 0.717) is 11.4 Å². The maximum atomic E-state index is 13.3. The van der Waals surface area contributed by atoms with E-state index in [0.717, 1.165) is 50.3 Å². The lowest BCUT2D eigenvalue weighted by Gasteiger charge is -2.13. The molecule has 1 spiro atoms. The number of anilines is 1. The van der Waals surface area contributed by atoms with Crippen molar-refractivity contribution in [2.24, 2.45) is 0 Å². The minimum Gasteiger partial charge on any atom is -0.481 e. The summed E-state index contributed by atoms with van der Waals surface area (Å²) in [6.45, 7) is 0. The fraction of sp³-hybridized carbons (Fsp3) is 0.125. The van der Waals surface area contributed by atoms with Gasteiger partial charge in [0.1, 0.15) is 12.7 Å². The molecule has 0 radical (unpaired) electrons. The summed E-state index contributed by atoms with van der Waals surface area (Å²) >= 11 is 6.73. The maximum Gasteiger partial charge on any atom is 0.307 e. The van der Waals surface area contributed by atoms with E-state index in [1.54, 1.807) is 11.0 Å². The number of nitrogens with zero attached hydrogens (tertiary/aromatic N) is 3. The Labute approximate surface area is 235 Å². The number of carbonyl (C=O) groups excluding carboxylic acids is 1. The van der Waals surface area contributed by atoms with Crippen LogP contribution in [0.25, 0.3) is 27.9 Å². The molecular formula is C32H23ClN4O3. The first-order valence-corrected chi connectivity index (χ1v) is 13.3. The molecule has 1 aliphatic heterocycles. The predicted octanol–water partition coefficient (Wildman–Crippen LogP) is 6.26. The summed E-state index contributed by atoms with van der Waals surface area (Å²) < 4.78 is 1.71. The number of rotatable bonds is 6. The maximum absolute atomic E-state index is 13.3. The topological polar surface area (TPSA) is 97.1 Å². The van der Waals surface area contributed by atoms with Crippen molar-refractivity contribution in [1.29, 1.82) is 0 Å². The van der Waals surface area contributed by atoms with E-state index in [9.17, 15) is 14.7 Å². The largest absolute Gasteiger partial charge is 0.481 e. The highest BCUT2D eigenvalue weighted by Gasteiger charge is 2.65. The molecule has 1 aromatic heterocycles. The molecule has 2 N–H and O–H groups in total. The molecule has 1 aliphatic carbocycles. The Morgan fingerprint density at radius 1 is 1.00 bits per heavy atom. The molecule has 1 amide bonds. The Kier molecular flexibility index (Phi) is 5.57. The smallest absolute Gasteiger partial charge is 0.307 e. The van der Waals surface area contributed by atoms with Crippen LogP contribution in [-0.2, 0) is 21.4 Å². The van der Waals surface area contributed by atoms with Gasteiger partial charge in [-0.15, -0.1) is 0 Å². The molecule has 2 aliphatic rings. The molecule has 2 heterocycles. The zero-order valence-corrected chi connectivity index (χ0v) is 22.0. The van der Waals surface area contributed by atoms with Crippen LogP contribution in [-0.4, -0.2) is 31.7 Å². The zero-order chi connectivity index (χ0) is 27.4. The number of carboxylic acids is 1. The van der Waals surface area contributed by atoms with E-state index in [2.05, 4.69) is 27.5 Å². The van der Waals surface area contributed by atoms with Crippen molar-refractivity contribution in [2.45, 2.75) is 24.2 Å². The molecular weight excluding hydrogens is 524 g/mol. The highest BCUT2D eigenvalue weighted by molar-refractivity contribution is 6.34. The fourth-order valence-corrected chi connectivity index (χ4v) is 6.19. The number of halogens is 1. The Balaban J connectivity index is 1.18. The van der Waals surface area contributed by atoms with Crippen molar-refractivity contribution < 1.29 is 14.7 Å². The lowest BCUT2D eigenvalue weighted by molar-refractivity contribution is -0.136. The van der Waals surface area contributed by atoms with Crippen LogP contribution in [0.3, 0.4) is 0 Å². The number of aliphatic carboxylic acids is 1. The first-order valence-electron chi connectivity index (χ1n) is 12.9. The Morgan fingerprint density at radius 2 is 1.73 bits per heavy atom. The van der Waals surface area contributed by atoms with Gasteiger partial charge < -0.3 is 10.4 Å². The normalized spacial score (nSPS) is 18.9. The Hall–Kier alpha value is -4.75. The highest BCUT2D eigenvalue weighted by Crippen LogP contribution is 2.65. The van der Waals surface area contributed by atoms with Crippen LogP contribution in [0, 0.1) is 0 Å². The van der Waals surface area contributed by atoms with Crippen molar-refractivity contribution >= 4 is 29.2 Å². The molecule has 196 valence electrons. The number of hydrogen-bond donors (Lipinski definition) is 2. The van der Waals surface area contributed by atoms with E-state index >= 15 is 0 Å². The monoisotopic (exact) mass is 546 g/mol. The van der Waals surface area contributed by atoms with Crippen LogP contribution in [0.2, 0.25) is 5.02 Å². The van der Waals surface area contributed by atoms with E-state index in [1.165, 1.54) is 6.33 Å². The van der Waals surface area contributed by atoms with Crippen molar-refractivity contribution in [1.82, 2.24) is 14.8 Å². The zero-order valence-electron chi connectivity index (χ0n) is 21.2. The Bertz CT molecular complexity index is 1780. The van der Waals surface area contributed by atoms with Gasteiger partial charge >= 0.3 is 5.97 Å². The number of nitrogens with one attached hydrogen (secondary N) is 1. The van der Waals surface area contributed by atoms with Crippen molar-refractivity contribution in [3.05, 3.63) is 119 Å². The second-order valence-electron chi connectivity index (χ2n) is 10.3. The molecule has 4 aromatic carbocycles. The number of benzene rings is 4. The van der Waals surface area contributed by atoms with Gasteiger partial charge in [-0.25, -0.2) is 9.67 Å². The molecule has 8 heteroatoms. The van der Waals surface area contributed by atoms with Crippen LogP contribution in [0.1, 0.15) is 29.0 Å². The Morgan fingerprint density at radius 3 is 2.42 bits per heavy atom. The van der Waals surface area contributed by atoms with Gasteiger partial charge in [-0.05, 0) is 64.1 Å². The van der Waals surface area contributed by atoms with Gasteiger partial charge in [-0.1, -0.05) is 72.3 Å². The SMILES string of the molecule is O=C(O)Cc1cccc(C2CC23C(=O)Nc2cc(Cl)c(-c4ccc(-c5ccc(-n6cncn6)cc5)cc4)cc23)c1. The number of hydrogen-bond acceptors (Lipinski definition) is 4. The number of amides is 1. The van der Waals surface area contributed by atoms with Crippen LogP contribution in [0.5, 0.6) is 0 Å². The molecule has 7 rings (SSSR count). The first-order chi connectivity index (χ1) is 19.4. The quantitative estimate of drug-likeness (QED) is 0.262. The molecule has 1 fully saturated rings. The standard InChI is InChI=1S/C32H23ClN4O3/c33-28-15-29-26(32(31(40)36-29)16-27(32)23-3-1-2-19(12-23)13-30(38)39)14-25(28)22-6-4-20(5-7-22)21-8-10-24(11-9-21)37-18-34-17-35-37/h1-12,14-15,17-18,27H,13,16H2,(H,36,40)(H,38,39). The molecule has 5 aromatic rings. The molecule has 7 nitrogen and oxygen atoms in total. The highest BCUT2D eigenvalue weighted by atomic mass is 35.5. The minimum atomic E-state index is -0.874. The molecule has 2 atom stereocenters. The third-order valence-corrected chi connectivity index (χ3v) is 8.30. The van der Waals surface area contributed by atoms with Crippen LogP contribution >= 0.6 is 11.6 Å². The third kappa shape index (κ3) is 3.98. The van der Waals surface area contributed by atoms with E-state index < -0.39 is 11.4 Å². The predicted molar refractivity (Wildman–Crippen MR) is 153 cm³/mol. The second-order valence-corrected chi connectivity index (χ2v) is 10.7. The molecule has 0 saturated heterocycles. The molecule has 0 bridgehead atoms. The fourth-order valence-electron chi connectivity index (χ4n) is 5.92. The van der Waals surface area contributed by atoms with E-state index in [1.807, 2.05) is 72.8 Å². The van der Waals surface area contributed by atoms with Gasteiger partial charge in [0.2, 0.25) is 5.91 Å². The van der Waals surface area contributed by atoms with Crippen molar-refractivity contribution in [3.63, 3.8) is 0 Å². The summed E-state index contributed by atoms with van der Waals surface area (Å²) in [4.78, 5) is 28.5. The number of fused-ring (bicyclic) bond motifs is 2. The van der Waals surface area contributed by atoms with Gasteiger partial charge in [0.05, 0.1) is 22.5 Å². The van der Waals surface area contributed by atoms with Crippen LogP contribution in [0.4, 0.5) is 5.69 Å². The van der Waals surface area contributed by atoms with Crippen LogP contribution in [0.15, 0.2) is 97.6 Å². The van der Waals surface area contributed by atoms with E-state index in [4.69, 9.17) is 11.6 Å². The average Bonchev–Trinajstić information content (AvgIpc) is 3.34. The van der Waals surface area contributed by atoms with Crippen LogP contribution < -0.4 is 5.32 Å². The first kappa shape index (κ1) is 24.3. The minimum absolute atomic E-state index is 0.0145. The van der Waals surface area contributed by atoms with Gasteiger partial charge in [0.25, 0.3) is 0 Å². The molecule has 1 saturated carbocycles. The number of carboxylic acid groups (broad SMARTS) is 1. The summed E-state index contributed by atoms with van der Waals surface area (Å²) in [7, 11) is 0. The van der Waals surface area contributed by atoms with E-state index in [-0.39, 0.29) is 18.2 Å². The van der Waals surface area contributed by atoms with Crippen molar-refractivity contribution in [3.8, 4) is 27.9 Å². The third-order valence-electron chi connectivity index (χ3n) is 7.99. The summed E-state index contributed by atoms with van der Waals surface area (Å²) in [5.74, 6) is -0.922. The van der Waals surface area contributed by atoms with Gasteiger partial charge in [-0.3, -0.25) is 9.59 Å². The summed E-state index contributed by atoms with van der Waals surface area (Å²) in [5.41, 5.74) is 7.66. The average molecular weight is 547 g/mol. The second kappa shape index (κ2) is 9.17. The molecule has 40 heavy (non-hydrogen) atoms. The van der Waals surface area contributed by atoms with Gasteiger partial charge in [-0.2, -0.15) is 5.10 Å². The van der Waals surface area contributed by atoms with Gasteiger partial charge in [0, 0.05) is 17.2 Å².